The number of aromatic nitrogens is 4. The molecule has 2 N–H and O–H groups in total. The van der Waals surface area contributed by atoms with Crippen LogP contribution in [-0.2, 0) is 11.2 Å². The highest BCUT2D eigenvalue weighted by Gasteiger charge is 2.27. The van der Waals surface area contributed by atoms with E-state index in [-0.39, 0.29) is 17.8 Å². The fraction of sp³-hybridized carbons (Fsp3) is 0.500. The summed E-state index contributed by atoms with van der Waals surface area (Å²) >= 11 is 0. The summed E-state index contributed by atoms with van der Waals surface area (Å²) < 4.78 is 29.7. The number of halogens is 2. The first kappa shape index (κ1) is 21.9. The number of ketones is 1. The van der Waals surface area contributed by atoms with Gasteiger partial charge in [0.2, 0.25) is 5.95 Å². The molecule has 33 heavy (non-hydrogen) atoms. The number of carbonyl (C=O) groups excluding carboxylic acids is 1. The van der Waals surface area contributed by atoms with E-state index in [1.165, 1.54) is 12.1 Å². The molecule has 3 aromatic rings. The first-order chi connectivity index (χ1) is 16.0. The Morgan fingerprint density at radius 1 is 1.06 bits per heavy atom. The van der Waals surface area contributed by atoms with Crippen LogP contribution in [0.3, 0.4) is 0 Å². The van der Waals surface area contributed by atoms with Gasteiger partial charge in [-0.3, -0.25) is 9.36 Å². The second-order valence-corrected chi connectivity index (χ2v) is 9.20. The highest BCUT2D eigenvalue weighted by atomic mass is 19.1. The van der Waals surface area contributed by atoms with E-state index in [1.807, 2.05) is 4.57 Å². The van der Waals surface area contributed by atoms with Crippen LogP contribution >= 0.6 is 0 Å². The number of aliphatic hydroxyl groups is 1. The van der Waals surface area contributed by atoms with Crippen LogP contribution in [0.5, 0.6) is 0 Å². The predicted octanol–water partition coefficient (Wildman–Crippen LogP) is 4.63. The van der Waals surface area contributed by atoms with Crippen molar-refractivity contribution in [1.82, 2.24) is 19.5 Å². The van der Waals surface area contributed by atoms with Gasteiger partial charge in [-0.25, -0.2) is 23.7 Å². The van der Waals surface area contributed by atoms with E-state index in [0.717, 1.165) is 31.7 Å². The van der Waals surface area contributed by atoms with Gasteiger partial charge in [-0.2, -0.15) is 0 Å². The van der Waals surface area contributed by atoms with Crippen LogP contribution in [0, 0.1) is 17.6 Å². The molecule has 7 nitrogen and oxygen atoms in total. The summed E-state index contributed by atoms with van der Waals surface area (Å²) in [6, 6.07) is 3.42. The van der Waals surface area contributed by atoms with E-state index < -0.39 is 11.6 Å². The van der Waals surface area contributed by atoms with E-state index in [4.69, 9.17) is 4.98 Å². The van der Waals surface area contributed by atoms with Gasteiger partial charge in [0, 0.05) is 31.4 Å². The monoisotopic (exact) mass is 455 g/mol. The minimum atomic E-state index is -0.703. The summed E-state index contributed by atoms with van der Waals surface area (Å²) in [5.74, 6) is 0.486. The lowest BCUT2D eigenvalue weighted by molar-refractivity contribution is -0.121. The molecule has 5 rings (SSSR count). The molecular weight excluding hydrogens is 428 g/mol. The highest BCUT2D eigenvalue weighted by molar-refractivity contribution is 5.79. The normalized spacial score (nSPS) is 22.1. The fourth-order valence-corrected chi connectivity index (χ4v) is 4.95. The molecule has 1 aromatic carbocycles. The average Bonchev–Trinajstić information content (AvgIpc) is 3.15. The molecule has 0 amide bonds. The molecule has 2 fully saturated rings. The number of anilines is 2. The van der Waals surface area contributed by atoms with Crippen molar-refractivity contribution in [2.24, 2.45) is 5.92 Å². The minimum Gasteiger partial charge on any atom is -0.393 e. The first-order valence-electron chi connectivity index (χ1n) is 11.6. The Hall–Kier alpha value is -2.94. The van der Waals surface area contributed by atoms with Gasteiger partial charge in [-0.15, -0.1) is 0 Å². The maximum absolute atomic E-state index is 14.3. The van der Waals surface area contributed by atoms with Crippen LogP contribution in [-0.4, -0.2) is 36.5 Å². The average molecular weight is 456 g/mol. The molecule has 0 bridgehead atoms. The number of benzene rings is 1. The van der Waals surface area contributed by atoms with E-state index in [9.17, 15) is 18.7 Å². The Morgan fingerprint density at radius 2 is 1.82 bits per heavy atom. The van der Waals surface area contributed by atoms with Crippen LogP contribution in [0.25, 0.3) is 11.2 Å². The predicted molar refractivity (Wildman–Crippen MR) is 119 cm³/mol. The SMILES string of the molecule is O=C1CCC(Cc2ncc3nc(Nc4ccc(F)cc4F)n(C4CCC(O)CC4)c3n2)CC1. The molecule has 0 spiro atoms. The zero-order valence-electron chi connectivity index (χ0n) is 18.3. The standard InChI is InChI=1S/C24H27F2N5O2/c25-15-3-10-20(19(26)12-15)28-24-29-21-13-27-22(11-14-1-6-17(32)7-2-14)30-23(21)31(24)16-4-8-18(33)9-5-16/h3,10,12-14,16,18,33H,1-2,4-9,11H2,(H,28,29). The van der Waals surface area contributed by atoms with Crippen LogP contribution in [0.15, 0.2) is 24.4 Å². The van der Waals surface area contributed by atoms with Crippen molar-refractivity contribution < 1.29 is 18.7 Å². The van der Waals surface area contributed by atoms with Crippen LogP contribution in [0.1, 0.15) is 63.2 Å². The fourth-order valence-electron chi connectivity index (χ4n) is 4.95. The topological polar surface area (TPSA) is 92.9 Å². The van der Waals surface area contributed by atoms with E-state index in [2.05, 4.69) is 15.3 Å². The number of imidazole rings is 1. The largest absolute Gasteiger partial charge is 0.393 e. The molecule has 2 saturated carbocycles. The second-order valence-electron chi connectivity index (χ2n) is 9.20. The maximum Gasteiger partial charge on any atom is 0.210 e. The van der Waals surface area contributed by atoms with Crippen molar-refractivity contribution in [1.29, 1.82) is 0 Å². The Balaban J connectivity index is 1.50. The quantitative estimate of drug-likeness (QED) is 0.583. The number of Topliss-reactive ketones (excluding diaryl/α,β-unsaturated/α-hetero) is 1. The van der Waals surface area contributed by atoms with Crippen LogP contribution in [0.2, 0.25) is 0 Å². The Kier molecular flexibility index (Phi) is 6.05. The third-order valence-electron chi connectivity index (χ3n) is 6.83. The number of rotatable bonds is 5. The smallest absolute Gasteiger partial charge is 0.210 e. The van der Waals surface area contributed by atoms with Crippen molar-refractivity contribution in [3.63, 3.8) is 0 Å². The molecule has 0 saturated heterocycles. The first-order valence-corrected chi connectivity index (χ1v) is 11.6. The van der Waals surface area contributed by atoms with Gasteiger partial charge < -0.3 is 10.4 Å². The molecule has 0 atom stereocenters. The van der Waals surface area contributed by atoms with Crippen LogP contribution in [0.4, 0.5) is 20.4 Å². The Labute approximate surface area is 190 Å². The molecule has 2 heterocycles. The molecule has 174 valence electrons. The molecular formula is C24H27F2N5O2. The van der Waals surface area contributed by atoms with Crippen molar-refractivity contribution in [3.8, 4) is 0 Å². The van der Waals surface area contributed by atoms with E-state index in [0.29, 0.717) is 66.7 Å². The lowest BCUT2D eigenvalue weighted by Crippen LogP contribution is -2.22. The Morgan fingerprint density at radius 3 is 2.55 bits per heavy atom. The van der Waals surface area contributed by atoms with Gasteiger partial charge in [-0.05, 0) is 56.6 Å². The highest BCUT2D eigenvalue weighted by Crippen LogP contribution is 2.35. The molecule has 2 aliphatic carbocycles. The number of nitrogens with zero attached hydrogens (tertiary/aromatic N) is 4. The van der Waals surface area contributed by atoms with Gasteiger partial charge >= 0.3 is 0 Å². The molecule has 0 unspecified atom stereocenters. The maximum atomic E-state index is 14.3. The summed E-state index contributed by atoms with van der Waals surface area (Å²) in [5.41, 5.74) is 1.39. The minimum absolute atomic E-state index is 0.0412. The summed E-state index contributed by atoms with van der Waals surface area (Å²) in [7, 11) is 0. The lowest BCUT2D eigenvalue weighted by atomic mass is 9.86. The van der Waals surface area contributed by atoms with Crippen molar-refractivity contribution >= 4 is 28.6 Å². The number of nitrogens with one attached hydrogen (secondary N) is 1. The third kappa shape index (κ3) is 4.73. The van der Waals surface area contributed by atoms with Gasteiger partial charge in [0.15, 0.2) is 5.65 Å². The molecule has 0 aliphatic heterocycles. The number of aliphatic hydroxyl groups excluding tert-OH is 1. The van der Waals surface area contributed by atoms with Gasteiger partial charge in [0.05, 0.1) is 18.0 Å². The van der Waals surface area contributed by atoms with Crippen LogP contribution < -0.4 is 5.32 Å². The molecule has 0 radical (unpaired) electrons. The number of hydrogen-bond donors (Lipinski definition) is 2. The van der Waals surface area contributed by atoms with Gasteiger partial charge in [0.25, 0.3) is 0 Å². The number of fused-ring (bicyclic) bond motifs is 1. The lowest BCUT2D eigenvalue weighted by Gasteiger charge is -2.28. The number of hydrogen-bond acceptors (Lipinski definition) is 6. The van der Waals surface area contributed by atoms with Crippen molar-refractivity contribution in [2.75, 3.05) is 5.32 Å². The zero-order valence-corrected chi connectivity index (χ0v) is 18.3. The van der Waals surface area contributed by atoms with E-state index >= 15 is 0 Å². The second kappa shape index (κ2) is 9.13. The molecule has 2 aliphatic rings. The molecule has 9 heteroatoms. The summed E-state index contributed by atoms with van der Waals surface area (Å²) in [6.45, 7) is 0. The van der Waals surface area contributed by atoms with Crippen molar-refractivity contribution in [2.45, 2.75) is 69.9 Å². The third-order valence-corrected chi connectivity index (χ3v) is 6.83. The van der Waals surface area contributed by atoms with Gasteiger partial charge in [-0.1, -0.05) is 0 Å². The number of carbonyl (C=O) groups is 1. The summed E-state index contributed by atoms with van der Waals surface area (Å²) in [6.07, 6.45) is 7.85. The zero-order chi connectivity index (χ0) is 22.9. The molecule has 2 aromatic heterocycles. The van der Waals surface area contributed by atoms with Crippen molar-refractivity contribution in [3.05, 3.63) is 41.9 Å². The summed E-state index contributed by atoms with van der Waals surface area (Å²) in [5, 5.41) is 13.0. The summed E-state index contributed by atoms with van der Waals surface area (Å²) in [4.78, 5) is 25.5. The Bertz CT molecular complexity index is 1160. The van der Waals surface area contributed by atoms with Gasteiger partial charge in [0.1, 0.15) is 28.8 Å². The van der Waals surface area contributed by atoms with E-state index in [1.54, 1.807) is 6.20 Å².